The second kappa shape index (κ2) is 8.11. The van der Waals surface area contributed by atoms with Crippen LogP contribution < -0.4 is 10.5 Å². The Morgan fingerprint density at radius 2 is 1.92 bits per heavy atom. The van der Waals surface area contributed by atoms with Gasteiger partial charge in [-0.15, -0.1) is 0 Å². The third-order valence-corrected chi connectivity index (χ3v) is 3.48. The van der Waals surface area contributed by atoms with E-state index >= 15 is 0 Å². The first kappa shape index (κ1) is 17.5. The first-order valence-electron chi connectivity index (χ1n) is 7.36. The van der Waals surface area contributed by atoms with E-state index in [0.29, 0.717) is 16.9 Å². The quantitative estimate of drug-likeness (QED) is 0.711. The Bertz CT molecular complexity index is 740. The van der Waals surface area contributed by atoms with Gasteiger partial charge in [0.1, 0.15) is 24.5 Å². The maximum absolute atomic E-state index is 10.9. The lowest BCUT2D eigenvalue weighted by molar-refractivity contribution is -0.121. The molecule has 2 atom stereocenters. The number of rotatable bonds is 7. The molecule has 0 aromatic heterocycles. The van der Waals surface area contributed by atoms with Crippen LogP contribution in [0.2, 0.25) is 0 Å². The minimum absolute atomic E-state index is 0.263. The summed E-state index contributed by atoms with van der Waals surface area (Å²) in [5, 5.41) is 29.1. The Labute approximate surface area is 139 Å². The molecule has 0 aliphatic heterocycles. The highest BCUT2D eigenvalue weighted by Crippen LogP contribution is 2.27. The molecule has 1 amide bonds. The van der Waals surface area contributed by atoms with Gasteiger partial charge in [-0.3, -0.25) is 4.79 Å². The van der Waals surface area contributed by atoms with Crippen LogP contribution in [0.4, 0.5) is 0 Å². The summed E-state index contributed by atoms with van der Waals surface area (Å²) in [5.41, 5.74) is 6.60. The highest BCUT2D eigenvalue weighted by atomic mass is 16.5. The summed E-state index contributed by atoms with van der Waals surface area (Å²) >= 11 is 0. The Balaban J connectivity index is 2.18. The van der Waals surface area contributed by atoms with E-state index in [0.717, 1.165) is 5.56 Å². The highest BCUT2D eigenvalue weighted by molar-refractivity contribution is 5.74. The molecular formula is C18H18N2O4. The molecule has 0 saturated carbocycles. The number of primary amides is 1. The van der Waals surface area contributed by atoms with Crippen LogP contribution in [0.15, 0.2) is 48.5 Å². The summed E-state index contributed by atoms with van der Waals surface area (Å²) in [7, 11) is 0. The van der Waals surface area contributed by atoms with Gasteiger partial charge >= 0.3 is 0 Å². The fourth-order valence-electron chi connectivity index (χ4n) is 2.21. The number of nitrogens with two attached hydrogens (primary N) is 1. The number of ether oxygens (including phenoxy) is 1. The predicted molar refractivity (Wildman–Crippen MR) is 86.7 cm³/mol. The number of nitriles is 1. The van der Waals surface area contributed by atoms with E-state index < -0.39 is 18.1 Å². The molecule has 6 heteroatoms. The van der Waals surface area contributed by atoms with E-state index in [-0.39, 0.29) is 13.0 Å². The number of nitrogens with zero attached hydrogens (tertiary/aromatic N) is 1. The molecule has 4 N–H and O–H groups in total. The summed E-state index contributed by atoms with van der Waals surface area (Å²) in [6.45, 7) is 0.263. The van der Waals surface area contributed by atoms with E-state index in [1.165, 1.54) is 18.2 Å². The fraction of sp³-hybridized carbons (Fsp3) is 0.222. The summed E-state index contributed by atoms with van der Waals surface area (Å²) in [6, 6.07) is 15.9. The van der Waals surface area contributed by atoms with Crippen molar-refractivity contribution in [3.8, 4) is 11.8 Å². The number of aliphatic hydroxyl groups excluding tert-OH is 2. The maximum Gasteiger partial charge on any atom is 0.220 e. The van der Waals surface area contributed by atoms with Crippen LogP contribution in [-0.2, 0) is 11.4 Å². The van der Waals surface area contributed by atoms with Gasteiger partial charge in [-0.1, -0.05) is 36.4 Å². The van der Waals surface area contributed by atoms with E-state index in [9.17, 15) is 20.3 Å². The van der Waals surface area contributed by atoms with Crippen LogP contribution >= 0.6 is 0 Å². The number of hydrogen-bond acceptors (Lipinski definition) is 5. The van der Waals surface area contributed by atoms with Crippen LogP contribution in [0.1, 0.15) is 29.2 Å². The van der Waals surface area contributed by atoms with Crippen LogP contribution in [0.3, 0.4) is 0 Å². The zero-order chi connectivity index (χ0) is 17.5. The molecule has 0 bridgehead atoms. The molecule has 0 heterocycles. The van der Waals surface area contributed by atoms with Crippen molar-refractivity contribution in [2.45, 2.75) is 25.2 Å². The fourth-order valence-corrected chi connectivity index (χ4v) is 2.21. The van der Waals surface area contributed by atoms with Gasteiger partial charge < -0.3 is 20.7 Å². The van der Waals surface area contributed by atoms with Gasteiger partial charge in [-0.2, -0.15) is 5.26 Å². The van der Waals surface area contributed by atoms with Crippen molar-refractivity contribution in [2.75, 3.05) is 0 Å². The third-order valence-electron chi connectivity index (χ3n) is 3.48. The molecular weight excluding hydrogens is 308 g/mol. The maximum atomic E-state index is 10.9. The number of benzene rings is 2. The second-order valence-electron chi connectivity index (χ2n) is 5.32. The molecule has 2 aromatic carbocycles. The Morgan fingerprint density at radius 3 is 2.54 bits per heavy atom. The van der Waals surface area contributed by atoms with Gasteiger partial charge in [-0.25, -0.2) is 0 Å². The Morgan fingerprint density at radius 1 is 1.21 bits per heavy atom. The summed E-state index contributed by atoms with van der Waals surface area (Å²) in [5.74, 6) is -0.417. The molecule has 2 aromatic rings. The SMILES string of the molecule is N#Cc1ccc(C(O)C(O)CC(N)=O)cc1OCc1ccccc1. The second-order valence-corrected chi connectivity index (χ2v) is 5.32. The monoisotopic (exact) mass is 326 g/mol. The molecule has 124 valence electrons. The molecule has 2 unspecified atom stereocenters. The van der Waals surface area contributed by atoms with Gasteiger partial charge in [-0.05, 0) is 23.3 Å². The third kappa shape index (κ3) is 4.56. The van der Waals surface area contributed by atoms with Crippen molar-refractivity contribution in [3.63, 3.8) is 0 Å². The average molecular weight is 326 g/mol. The smallest absolute Gasteiger partial charge is 0.220 e. The number of amides is 1. The Hall–Kier alpha value is -2.88. The molecule has 24 heavy (non-hydrogen) atoms. The van der Waals surface area contributed by atoms with E-state index in [2.05, 4.69) is 0 Å². The molecule has 0 aliphatic rings. The topological polar surface area (TPSA) is 117 Å². The van der Waals surface area contributed by atoms with Crippen molar-refractivity contribution in [2.24, 2.45) is 5.73 Å². The minimum atomic E-state index is -1.32. The zero-order valence-corrected chi connectivity index (χ0v) is 12.9. The first-order chi connectivity index (χ1) is 11.5. The molecule has 0 radical (unpaired) electrons. The van der Waals surface area contributed by atoms with Crippen molar-refractivity contribution >= 4 is 5.91 Å². The molecule has 2 rings (SSSR count). The Kier molecular flexibility index (Phi) is 5.90. The van der Waals surface area contributed by atoms with Crippen LogP contribution in [0, 0.1) is 11.3 Å². The van der Waals surface area contributed by atoms with Crippen molar-refractivity contribution in [1.29, 1.82) is 5.26 Å². The standard InChI is InChI=1S/C18H18N2O4/c19-10-14-7-6-13(18(23)15(21)9-17(20)22)8-16(14)24-11-12-4-2-1-3-5-12/h1-8,15,18,21,23H,9,11H2,(H2,20,22). The van der Waals surface area contributed by atoms with Crippen LogP contribution in [0.25, 0.3) is 0 Å². The summed E-state index contributed by atoms with van der Waals surface area (Å²) in [4.78, 5) is 10.9. The average Bonchev–Trinajstić information content (AvgIpc) is 2.59. The largest absolute Gasteiger partial charge is 0.488 e. The lowest BCUT2D eigenvalue weighted by Crippen LogP contribution is -2.25. The molecule has 0 aliphatic carbocycles. The van der Waals surface area contributed by atoms with Gasteiger partial charge in [0.05, 0.1) is 18.1 Å². The van der Waals surface area contributed by atoms with Crippen molar-refractivity contribution < 1.29 is 19.7 Å². The van der Waals surface area contributed by atoms with E-state index in [4.69, 9.17) is 10.5 Å². The van der Waals surface area contributed by atoms with Crippen molar-refractivity contribution in [1.82, 2.24) is 0 Å². The molecule has 0 spiro atoms. The highest BCUT2D eigenvalue weighted by Gasteiger charge is 2.21. The van der Waals surface area contributed by atoms with Crippen LogP contribution in [-0.4, -0.2) is 22.2 Å². The van der Waals surface area contributed by atoms with Crippen molar-refractivity contribution in [3.05, 3.63) is 65.2 Å². The summed E-state index contributed by atoms with van der Waals surface area (Å²) < 4.78 is 5.66. The van der Waals surface area contributed by atoms with E-state index in [1.54, 1.807) is 0 Å². The van der Waals surface area contributed by atoms with Gasteiger partial charge in [0.15, 0.2) is 0 Å². The zero-order valence-electron chi connectivity index (χ0n) is 12.9. The number of aliphatic hydroxyl groups is 2. The molecule has 6 nitrogen and oxygen atoms in total. The van der Waals surface area contributed by atoms with Gasteiger partial charge in [0.25, 0.3) is 0 Å². The normalized spacial score (nSPS) is 12.9. The number of carbonyl (C=O) groups excluding carboxylic acids is 1. The van der Waals surface area contributed by atoms with Crippen LogP contribution in [0.5, 0.6) is 5.75 Å². The predicted octanol–water partition coefficient (Wildman–Crippen LogP) is 1.41. The number of hydrogen-bond donors (Lipinski definition) is 3. The lowest BCUT2D eigenvalue weighted by Gasteiger charge is -2.18. The summed E-state index contributed by atoms with van der Waals surface area (Å²) in [6.07, 6.45) is -2.98. The number of carbonyl (C=O) groups is 1. The molecule has 0 fully saturated rings. The van der Waals surface area contributed by atoms with Gasteiger partial charge in [0.2, 0.25) is 5.91 Å². The molecule has 0 saturated heterocycles. The van der Waals surface area contributed by atoms with Gasteiger partial charge in [0, 0.05) is 0 Å². The first-order valence-corrected chi connectivity index (χ1v) is 7.36. The van der Waals surface area contributed by atoms with E-state index in [1.807, 2.05) is 36.4 Å². The minimum Gasteiger partial charge on any atom is -0.488 e. The lowest BCUT2D eigenvalue weighted by atomic mass is 10.00.